The van der Waals surface area contributed by atoms with Gasteiger partial charge in [0.2, 0.25) is 0 Å². The number of hydrogen-bond donors (Lipinski definition) is 0. The van der Waals surface area contributed by atoms with Crippen LogP contribution in [-0.2, 0) is 19.4 Å². The molecule has 148 valence electrons. The van der Waals surface area contributed by atoms with Crippen LogP contribution in [0.5, 0.6) is 5.75 Å². The van der Waals surface area contributed by atoms with Crippen molar-refractivity contribution in [2.45, 2.75) is 24.4 Å². The molecule has 0 radical (unpaired) electrons. The lowest BCUT2D eigenvalue weighted by Gasteiger charge is -2.10. The Kier molecular flexibility index (Phi) is 5.94. The van der Waals surface area contributed by atoms with Gasteiger partial charge in [-0.1, -0.05) is 65.3 Å². The predicted molar refractivity (Wildman–Crippen MR) is 118 cm³/mol. The molecule has 29 heavy (non-hydrogen) atoms. The van der Waals surface area contributed by atoms with E-state index in [4.69, 9.17) is 32.9 Å². The standard InChI is InChI=1S/C21H18Cl2N4OS/c1-13-14-7-3-5-9-16(14)24-17(20(13)23)12-29-21-26-25-19(27(21)2)11-28-18-10-6-4-8-15(18)22/h3-10H,11-12H2,1-2H3. The van der Waals surface area contributed by atoms with Crippen LogP contribution in [0.25, 0.3) is 10.9 Å². The van der Waals surface area contributed by atoms with Gasteiger partial charge in [0.25, 0.3) is 0 Å². The Morgan fingerprint density at radius 3 is 2.62 bits per heavy atom. The lowest BCUT2D eigenvalue weighted by molar-refractivity contribution is 0.290. The number of para-hydroxylation sites is 2. The van der Waals surface area contributed by atoms with Crippen molar-refractivity contribution in [3.63, 3.8) is 0 Å². The van der Waals surface area contributed by atoms with Crippen LogP contribution in [-0.4, -0.2) is 19.7 Å². The van der Waals surface area contributed by atoms with Gasteiger partial charge >= 0.3 is 0 Å². The third-order valence-corrected chi connectivity index (χ3v) is 6.45. The second-order valence-corrected chi connectivity index (χ2v) is 8.21. The van der Waals surface area contributed by atoms with Crippen molar-refractivity contribution in [1.82, 2.24) is 19.7 Å². The number of benzene rings is 2. The molecule has 5 nitrogen and oxygen atoms in total. The highest BCUT2D eigenvalue weighted by Gasteiger charge is 2.14. The molecule has 0 amide bonds. The van der Waals surface area contributed by atoms with E-state index in [9.17, 15) is 0 Å². The maximum absolute atomic E-state index is 6.56. The lowest BCUT2D eigenvalue weighted by Crippen LogP contribution is -2.04. The molecule has 0 saturated heterocycles. The van der Waals surface area contributed by atoms with Gasteiger partial charge in [0.05, 0.1) is 21.3 Å². The molecule has 0 fully saturated rings. The predicted octanol–water partition coefficient (Wildman–Crippen LogP) is 5.85. The topological polar surface area (TPSA) is 52.8 Å². The van der Waals surface area contributed by atoms with Crippen LogP contribution in [0.15, 0.2) is 53.7 Å². The summed E-state index contributed by atoms with van der Waals surface area (Å²) in [7, 11) is 1.91. The highest BCUT2D eigenvalue weighted by atomic mass is 35.5. The Morgan fingerprint density at radius 1 is 1.03 bits per heavy atom. The molecule has 0 aliphatic carbocycles. The van der Waals surface area contributed by atoms with Crippen molar-refractivity contribution in [3.8, 4) is 5.75 Å². The zero-order valence-corrected chi connectivity index (χ0v) is 18.2. The molecule has 0 aliphatic heterocycles. The van der Waals surface area contributed by atoms with Gasteiger partial charge in [0.1, 0.15) is 12.4 Å². The summed E-state index contributed by atoms with van der Waals surface area (Å²) in [4.78, 5) is 4.72. The molecule has 0 bridgehead atoms. The van der Waals surface area contributed by atoms with Crippen LogP contribution >= 0.6 is 35.0 Å². The van der Waals surface area contributed by atoms with Gasteiger partial charge in [-0.2, -0.15) is 0 Å². The van der Waals surface area contributed by atoms with Crippen LogP contribution in [0.3, 0.4) is 0 Å². The van der Waals surface area contributed by atoms with Crippen molar-refractivity contribution in [1.29, 1.82) is 0 Å². The molecule has 0 saturated carbocycles. The first-order chi connectivity index (χ1) is 14.0. The van der Waals surface area contributed by atoms with E-state index in [0.717, 1.165) is 27.3 Å². The Balaban J connectivity index is 1.48. The number of hydrogen-bond acceptors (Lipinski definition) is 5. The molecule has 2 aromatic carbocycles. The van der Waals surface area contributed by atoms with Gasteiger partial charge in [-0.25, -0.2) is 0 Å². The van der Waals surface area contributed by atoms with E-state index in [2.05, 4.69) is 10.2 Å². The molecular weight excluding hydrogens is 427 g/mol. The number of pyridine rings is 1. The number of halogens is 2. The van der Waals surface area contributed by atoms with E-state index >= 15 is 0 Å². The molecule has 0 spiro atoms. The largest absolute Gasteiger partial charge is 0.484 e. The zero-order valence-electron chi connectivity index (χ0n) is 15.9. The molecule has 0 aliphatic rings. The quantitative estimate of drug-likeness (QED) is 0.349. The van der Waals surface area contributed by atoms with Crippen LogP contribution in [0.2, 0.25) is 10.0 Å². The van der Waals surface area contributed by atoms with E-state index in [1.54, 1.807) is 6.07 Å². The summed E-state index contributed by atoms with van der Waals surface area (Å²) in [5.41, 5.74) is 2.82. The Labute approximate surface area is 183 Å². The van der Waals surface area contributed by atoms with Crippen molar-refractivity contribution in [2.75, 3.05) is 0 Å². The monoisotopic (exact) mass is 444 g/mol. The maximum atomic E-state index is 6.56. The number of aromatic nitrogens is 4. The Morgan fingerprint density at radius 2 is 1.79 bits per heavy atom. The van der Waals surface area contributed by atoms with Crippen molar-refractivity contribution < 1.29 is 4.74 Å². The first kappa shape index (κ1) is 20.0. The van der Waals surface area contributed by atoms with Gasteiger partial charge < -0.3 is 9.30 Å². The maximum Gasteiger partial charge on any atom is 0.191 e. The van der Waals surface area contributed by atoms with Gasteiger partial charge in [0, 0.05) is 18.2 Å². The fraction of sp³-hybridized carbons (Fsp3) is 0.190. The summed E-state index contributed by atoms with van der Waals surface area (Å²) in [5.74, 6) is 1.93. The van der Waals surface area contributed by atoms with Gasteiger partial charge in [-0.15, -0.1) is 10.2 Å². The number of fused-ring (bicyclic) bond motifs is 1. The van der Waals surface area contributed by atoms with Gasteiger partial charge in [-0.3, -0.25) is 4.98 Å². The normalized spacial score (nSPS) is 11.2. The van der Waals surface area contributed by atoms with Crippen LogP contribution in [0.1, 0.15) is 17.1 Å². The summed E-state index contributed by atoms with van der Waals surface area (Å²) in [6.45, 7) is 2.30. The average Bonchev–Trinajstić information content (AvgIpc) is 3.08. The molecule has 0 N–H and O–H groups in total. The minimum Gasteiger partial charge on any atom is -0.484 e. The van der Waals surface area contributed by atoms with Crippen LogP contribution in [0, 0.1) is 6.92 Å². The molecule has 0 atom stereocenters. The summed E-state index contributed by atoms with van der Waals surface area (Å²) in [6.07, 6.45) is 0. The molecule has 2 heterocycles. The zero-order chi connectivity index (χ0) is 20.4. The van der Waals surface area contributed by atoms with E-state index in [-0.39, 0.29) is 6.61 Å². The summed E-state index contributed by atoms with van der Waals surface area (Å²) in [5, 5.41) is 11.6. The minimum absolute atomic E-state index is 0.280. The lowest BCUT2D eigenvalue weighted by atomic mass is 10.1. The first-order valence-electron chi connectivity index (χ1n) is 8.96. The summed E-state index contributed by atoms with van der Waals surface area (Å²) in [6, 6.07) is 15.4. The van der Waals surface area contributed by atoms with Crippen molar-refractivity contribution in [2.24, 2.45) is 7.05 Å². The Bertz CT molecular complexity index is 1180. The highest BCUT2D eigenvalue weighted by Crippen LogP contribution is 2.31. The number of ether oxygens (including phenoxy) is 1. The van der Waals surface area contributed by atoms with E-state index < -0.39 is 0 Å². The fourth-order valence-electron chi connectivity index (χ4n) is 2.95. The average molecular weight is 445 g/mol. The van der Waals surface area contributed by atoms with Crippen LogP contribution < -0.4 is 4.74 Å². The molecular formula is C21H18Cl2N4OS. The van der Waals surface area contributed by atoms with Gasteiger partial charge in [0.15, 0.2) is 11.0 Å². The van der Waals surface area contributed by atoms with Gasteiger partial charge in [-0.05, 0) is 30.7 Å². The number of thioether (sulfide) groups is 1. The second kappa shape index (κ2) is 8.61. The van der Waals surface area contributed by atoms with Crippen molar-refractivity contribution in [3.05, 3.63) is 75.7 Å². The number of nitrogens with zero attached hydrogens (tertiary/aromatic N) is 4. The van der Waals surface area contributed by atoms with E-state index in [1.807, 2.05) is 61.0 Å². The summed E-state index contributed by atoms with van der Waals surface area (Å²) < 4.78 is 7.67. The third-order valence-electron chi connectivity index (χ3n) is 4.60. The minimum atomic E-state index is 0.280. The second-order valence-electron chi connectivity index (χ2n) is 6.48. The fourth-order valence-corrected chi connectivity index (χ4v) is 4.30. The van der Waals surface area contributed by atoms with E-state index in [0.29, 0.717) is 27.4 Å². The Hall–Kier alpha value is -2.28. The molecule has 4 rings (SSSR count). The van der Waals surface area contributed by atoms with Crippen LogP contribution in [0.4, 0.5) is 0 Å². The molecule has 2 aromatic heterocycles. The first-order valence-corrected chi connectivity index (χ1v) is 10.7. The SMILES string of the molecule is Cc1c(Cl)c(CSc2nnc(COc3ccccc3Cl)n2C)nc2ccccc12. The van der Waals surface area contributed by atoms with Crippen molar-refractivity contribution >= 4 is 45.9 Å². The smallest absolute Gasteiger partial charge is 0.191 e. The van der Waals surface area contributed by atoms with E-state index in [1.165, 1.54) is 11.8 Å². The number of aryl methyl sites for hydroxylation is 1. The molecule has 8 heteroatoms. The molecule has 0 unspecified atom stereocenters. The number of rotatable bonds is 6. The molecule has 4 aromatic rings. The highest BCUT2D eigenvalue weighted by molar-refractivity contribution is 7.98. The summed E-state index contributed by atoms with van der Waals surface area (Å²) >= 11 is 14.2. The third kappa shape index (κ3) is 4.20.